The van der Waals surface area contributed by atoms with Gasteiger partial charge in [0.2, 0.25) is 0 Å². The number of hydrogen-bond donors (Lipinski definition) is 1. The standard InChI is InChI=1S/C20H14F3N3O5S/c1-31-18(28)13-7-12(8-15(9-13)26(29)30)17(27)25-19-24-10-16(32-19)6-11-3-2-4-14(5-11)20(21,22)23/h2-5,7-10H,6H2,1H3,(H,24,25,27). The molecule has 2 aromatic carbocycles. The number of nitro benzene ring substituents is 1. The number of rotatable bonds is 6. The van der Waals surface area contributed by atoms with Gasteiger partial charge in [0.1, 0.15) is 0 Å². The second-order valence-electron chi connectivity index (χ2n) is 6.48. The Kier molecular flexibility index (Phi) is 6.53. The van der Waals surface area contributed by atoms with Crippen LogP contribution in [-0.4, -0.2) is 28.9 Å². The molecule has 0 saturated carbocycles. The van der Waals surface area contributed by atoms with Crippen LogP contribution in [-0.2, 0) is 17.3 Å². The van der Waals surface area contributed by atoms with Gasteiger partial charge in [0.25, 0.3) is 11.6 Å². The summed E-state index contributed by atoms with van der Waals surface area (Å²) in [6.07, 6.45) is -2.88. The SMILES string of the molecule is COC(=O)c1cc(C(=O)Nc2ncc(Cc3cccc(C(F)(F)F)c3)s2)cc([N+](=O)[O-])c1. The molecule has 0 atom stereocenters. The Morgan fingerprint density at radius 3 is 2.56 bits per heavy atom. The zero-order valence-corrected chi connectivity index (χ0v) is 17.1. The van der Waals surface area contributed by atoms with Crippen molar-refractivity contribution >= 4 is 34.0 Å². The second kappa shape index (κ2) is 9.14. The maximum Gasteiger partial charge on any atom is 0.416 e. The first-order valence-electron chi connectivity index (χ1n) is 8.87. The molecule has 1 amide bonds. The number of benzene rings is 2. The molecule has 0 radical (unpaired) electrons. The Morgan fingerprint density at radius 2 is 1.91 bits per heavy atom. The van der Waals surface area contributed by atoms with E-state index < -0.39 is 34.2 Å². The summed E-state index contributed by atoms with van der Waals surface area (Å²) in [7, 11) is 1.10. The molecule has 0 saturated heterocycles. The van der Waals surface area contributed by atoms with Crippen molar-refractivity contribution < 1.29 is 32.4 Å². The third-order valence-corrected chi connectivity index (χ3v) is 5.13. The summed E-state index contributed by atoms with van der Waals surface area (Å²) in [5.74, 6) is -1.60. The minimum Gasteiger partial charge on any atom is -0.465 e. The first-order chi connectivity index (χ1) is 15.1. The number of ether oxygens (including phenoxy) is 1. The van der Waals surface area contributed by atoms with E-state index in [1.807, 2.05) is 0 Å². The van der Waals surface area contributed by atoms with Crippen molar-refractivity contribution in [2.45, 2.75) is 12.6 Å². The minimum absolute atomic E-state index is 0.142. The van der Waals surface area contributed by atoms with E-state index in [1.165, 1.54) is 12.3 Å². The number of hydrogen-bond acceptors (Lipinski definition) is 7. The van der Waals surface area contributed by atoms with Gasteiger partial charge in [-0.3, -0.25) is 20.2 Å². The van der Waals surface area contributed by atoms with Gasteiger partial charge < -0.3 is 4.74 Å². The number of methoxy groups -OCH3 is 1. The van der Waals surface area contributed by atoms with Gasteiger partial charge in [-0.05, 0) is 17.7 Å². The molecule has 1 aromatic heterocycles. The van der Waals surface area contributed by atoms with Gasteiger partial charge in [0.15, 0.2) is 5.13 Å². The lowest BCUT2D eigenvalue weighted by atomic mass is 10.1. The molecule has 0 fully saturated rings. The van der Waals surface area contributed by atoms with E-state index in [0.717, 1.165) is 48.8 Å². The van der Waals surface area contributed by atoms with Crippen LogP contribution in [0.3, 0.4) is 0 Å². The fraction of sp³-hybridized carbons (Fsp3) is 0.150. The van der Waals surface area contributed by atoms with E-state index in [-0.39, 0.29) is 22.7 Å². The lowest BCUT2D eigenvalue weighted by molar-refractivity contribution is -0.384. The molecule has 1 heterocycles. The molecule has 166 valence electrons. The van der Waals surface area contributed by atoms with Crippen molar-refractivity contribution in [3.63, 3.8) is 0 Å². The summed E-state index contributed by atoms with van der Waals surface area (Å²) in [6.45, 7) is 0. The molecule has 12 heteroatoms. The molecule has 0 unspecified atom stereocenters. The second-order valence-corrected chi connectivity index (χ2v) is 7.59. The quantitative estimate of drug-likeness (QED) is 0.321. The smallest absolute Gasteiger partial charge is 0.416 e. The highest BCUT2D eigenvalue weighted by atomic mass is 32.1. The van der Waals surface area contributed by atoms with Crippen molar-refractivity contribution in [2.75, 3.05) is 12.4 Å². The Hall–Kier alpha value is -3.80. The Bertz CT molecular complexity index is 1190. The number of alkyl halides is 3. The number of esters is 1. The molecule has 3 aromatic rings. The van der Waals surface area contributed by atoms with Gasteiger partial charge in [-0.15, -0.1) is 11.3 Å². The average molecular weight is 465 g/mol. The van der Waals surface area contributed by atoms with E-state index in [2.05, 4.69) is 15.0 Å². The van der Waals surface area contributed by atoms with Gasteiger partial charge in [0.05, 0.1) is 23.2 Å². The molecular weight excluding hydrogens is 451 g/mol. The van der Waals surface area contributed by atoms with Crippen LogP contribution >= 0.6 is 11.3 Å². The largest absolute Gasteiger partial charge is 0.465 e. The number of anilines is 1. The normalized spacial score (nSPS) is 11.1. The number of thiazole rings is 1. The highest BCUT2D eigenvalue weighted by Gasteiger charge is 2.30. The van der Waals surface area contributed by atoms with Crippen LogP contribution < -0.4 is 5.32 Å². The zero-order valence-electron chi connectivity index (χ0n) is 16.3. The molecule has 32 heavy (non-hydrogen) atoms. The molecule has 8 nitrogen and oxygen atoms in total. The van der Waals surface area contributed by atoms with Crippen molar-refractivity contribution in [3.8, 4) is 0 Å². The predicted octanol–water partition coefficient (Wildman–Crippen LogP) is 4.70. The molecule has 0 bridgehead atoms. The third kappa shape index (κ3) is 5.46. The fourth-order valence-corrected chi connectivity index (χ4v) is 3.60. The highest BCUT2D eigenvalue weighted by molar-refractivity contribution is 7.15. The van der Waals surface area contributed by atoms with Gasteiger partial charge in [-0.25, -0.2) is 9.78 Å². The van der Waals surface area contributed by atoms with Crippen LogP contribution in [0.4, 0.5) is 24.0 Å². The summed E-state index contributed by atoms with van der Waals surface area (Å²) in [5.41, 5.74) is -1.14. The van der Waals surface area contributed by atoms with Crippen molar-refractivity contribution in [2.24, 2.45) is 0 Å². The summed E-state index contributed by atoms with van der Waals surface area (Å²) < 4.78 is 43.1. The van der Waals surface area contributed by atoms with E-state index in [1.54, 1.807) is 6.07 Å². The van der Waals surface area contributed by atoms with Gasteiger partial charge in [0, 0.05) is 35.2 Å². The average Bonchev–Trinajstić information content (AvgIpc) is 3.18. The van der Waals surface area contributed by atoms with Crippen molar-refractivity contribution in [1.82, 2.24) is 4.98 Å². The van der Waals surface area contributed by atoms with Gasteiger partial charge in [-0.1, -0.05) is 18.2 Å². The number of amides is 1. The molecule has 0 spiro atoms. The maximum absolute atomic E-state index is 12.9. The predicted molar refractivity (Wildman–Crippen MR) is 109 cm³/mol. The topological polar surface area (TPSA) is 111 Å². The van der Waals surface area contributed by atoms with Crippen LogP contribution in [0.15, 0.2) is 48.7 Å². The number of aromatic nitrogens is 1. The van der Waals surface area contributed by atoms with E-state index in [0.29, 0.717) is 10.4 Å². The van der Waals surface area contributed by atoms with Crippen LogP contribution in [0.25, 0.3) is 0 Å². The number of halogens is 3. The monoisotopic (exact) mass is 465 g/mol. The van der Waals surface area contributed by atoms with Crippen LogP contribution in [0, 0.1) is 10.1 Å². The maximum atomic E-state index is 12.9. The molecule has 0 aliphatic heterocycles. The molecular formula is C20H14F3N3O5S. The number of nitrogens with one attached hydrogen (secondary N) is 1. The van der Waals surface area contributed by atoms with Crippen molar-refractivity contribution in [3.05, 3.63) is 85.9 Å². The summed E-state index contributed by atoms with van der Waals surface area (Å²) in [4.78, 5) is 39.2. The van der Waals surface area contributed by atoms with E-state index in [4.69, 9.17) is 0 Å². The Labute approximate surface area is 182 Å². The lowest BCUT2D eigenvalue weighted by Gasteiger charge is -2.07. The first kappa shape index (κ1) is 22.9. The highest BCUT2D eigenvalue weighted by Crippen LogP contribution is 2.30. The van der Waals surface area contributed by atoms with Gasteiger partial charge in [-0.2, -0.15) is 13.2 Å². The number of carbonyl (C=O) groups is 2. The van der Waals surface area contributed by atoms with E-state index in [9.17, 15) is 32.9 Å². The van der Waals surface area contributed by atoms with Crippen LogP contribution in [0.2, 0.25) is 0 Å². The Balaban J connectivity index is 1.77. The number of nitrogens with zero attached hydrogens (tertiary/aromatic N) is 2. The number of nitro groups is 1. The zero-order chi connectivity index (χ0) is 23.5. The molecule has 1 N–H and O–H groups in total. The first-order valence-corrected chi connectivity index (χ1v) is 9.68. The van der Waals surface area contributed by atoms with Crippen molar-refractivity contribution in [1.29, 1.82) is 0 Å². The van der Waals surface area contributed by atoms with E-state index >= 15 is 0 Å². The summed E-state index contributed by atoms with van der Waals surface area (Å²) in [5, 5.41) is 13.7. The molecule has 0 aliphatic carbocycles. The number of carbonyl (C=O) groups excluding carboxylic acids is 2. The van der Waals surface area contributed by atoms with Gasteiger partial charge >= 0.3 is 12.1 Å². The molecule has 0 aliphatic rings. The van der Waals surface area contributed by atoms with Crippen LogP contribution in [0.5, 0.6) is 0 Å². The number of non-ortho nitro benzene ring substituents is 1. The van der Waals surface area contributed by atoms with Crippen LogP contribution in [0.1, 0.15) is 36.7 Å². The molecule has 3 rings (SSSR count). The summed E-state index contributed by atoms with van der Waals surface area (Å²) >= 11 is 1.04. The fourth-order valence-electron chi connectivity index (χ4n) is 2.76. The summed E-state index contributed by atoms with van der Waals surface area (Å²) in [6, 6.07) is 8.00. The third-order valence-electron chi connectivity index (χ3n) is 4.22. The lowest BCUT2D eigenvalue weighted by Crippen LogP contribution is -2.13. The minimum atomic E-state index is -4.45. The Morgan fingerprint density at radius 1 is 1.19 bits per heavy atom.